The molecule has 2 heterocycles. The molecule has 0 bridgehead atoms. The molecule has 8 heteroatoms. The van der Waals surface area contributed by atoms with Gasteiger partial charge in [0.25, 0.3) is 0 Å². The van der Waals surface area contributed by atoms with Gasteiger partial charge in [-0.1, -0.05) is 36.8 Å². The fraction of sp³-hybridized carbons (Fsp3) is 0.591. The smallest absolute Gasteiger partial charge is 0.345 e. The molecule has 1 unspecified atom stereocenters. The number of rotatable bonds is 8. The highest BCUT2D eigenvalue weighted by Gasteiger charge is 2.16. The molecule has 1 aliphatic rings. The summed E-state index contributed by atoms with van der Waals surface area (Å²) in [4.78, 5) is 17.1. The van der Waals surface area contributed by atoms with Crippen molar-refractivity contribution >= 4 is 29.9 Å². The highest BCUT2D eigenvalue weighted by molar-refractivity contribution is 14.0. The normalized spacial score (nSPS) is 14.6. The molecule has 0 radical (unpaired) electrons. The Hall–Kier alpha value is -1.84. The quantitative estimate of drug-likeness (QED) is 0.240. The molecule has 0 spiro atoms. The Bertz CT molecular complexity index is 871. The Morgan fingerprint density at radius 2 is 2.00 bits per heavy atom. The first-order chi connectivity index (χ1) is 14.1. The molecule has 0 fully saturated rings. The summed E-state index contributed by atoms with van der Waals surface area (Å²) in [6.07, 6.45) is 3.94. The van der Waals surface area contributed by atoms with Crippen LogP contribution < -0.4 is 16.3 Å². The van der Waals surface area contributed by atoms with Gasteiger partial charge in [-0.05, 0) is 38.7 Å². The fourth-order valence-electron chi connectivity index (χ4n) is 3.60. The zero-order valence-corrected chi connectivity index (χ0v) is 20.7. The zero-order chi connectivity index (χ0) is 20.6. The van der Waals surface area contributed by atoms with E-state index in [0.29, 0.717) is 12.5 Å². The van der Waals surface area contributed by atoms with Gasteiger partial charge in [0.15, 0.2) is 5.96 Å². The average molecular weight is 526 g/mol. The van der Waals surface area contributed by atoms with E-state index in [1.54, 1.807) is 4.68 Å². The van der Waals surface area contributed by atoms with Crippen molar-refractivity contribution in [1.82, 2.24) is 25.0 Å². The van der Waals surface area contributed by atoms with Gasteiger partial charge in [0.1, 0.15) is 5.82 Å². The number of halogens is 1. The molecular formula is C22H35IN6O. The number of fused-ring (bicyclic) bond motifs is 1. The van der Waals surface area contributed by atoms with Gasteiger partial charge in [-0.15, -0.1) is 24.0 Å². The third kappa shape index (κ3) is 6.58. The maximum atomic E-state index is 12.4. The first-order valence-corrected chi connectivity index (χ1v) is 10.8. The topological polar surface area (TPSA) is 76.2 Å². The van der Waals surface area contributed by atoms with Crippen LogP contribution in [0.25, 0.3) is 0 Å². The van der Waals surface area contributed by atoms with E-state index < -0.39 is 0 Å². The molecule has 1 aliphatic heterocycles. The number of aromatic nitrogens is 3. The number of guanidine groups is 1. The summed E-state index contributed by atoms with van der Waals surface area (Å²) < 4.78 is 3.45. The van der Waals surface area contributed by atoms with Gasteiger partial charge in [0.2, 0.25) is 0 Å². The summed E-state index contributed by atoms with van der Waals surface area (Å²) in [6, 6.07) is 8.65. The van der Waals surface area contributed by atoms with Crippen molar-refractivity contribution < 1.29 is 0 Å². The monoisotopic (exact) mass is 526 g/mol. The molecule has 30 heavy (non-hydrogen) atoms. The number of aryl methyl sites for hydroxylation is 3. The molecular weight excluding hydrogens is 491 g/mol. The first kappa shape index (κ1) is 24.4. The Morgan fingerprint density at radius 1 is 1.23 bits per heavy atom. The lowest BCUT2D eigenvalue weighted by molar-refractivity contribution is 0.509. The van der Waals surface area contributed by atoms with Crippen molar-refractivity contribution in [3.63, 3.8) is 0 Å². The molecule has 2 aromatic rings. The lowest BCUT2D eigenvalue weighted by atomic mass is 10.0. The summed E-state index contributed by atoms with van der Waals surface area (Å²) in [5.41, 5.74) is 2.61. The minimum absolute atomic E-state index is 0. The van der Waals surface area contributed by atoms with Gasteiger partial charge in [-0.2, -0.15) is 5.10 Å². The van der Waals surface area contributed by atoms with Gasteiger partial charge in [-0.25, -0.2) is 9.48 Å². The highest BCUT2D eigenvalue weighted by Crippen LogP contribution is 2.16. The summed E-state index contributed by atoms with van der Waals surface area (Å²) >= 11 is 0. The third-order valence-electron chi connectivity index (χ3n) is 5.38. The molecule has 1 aromatic heterocycles. The summed E-state index contributed by atoms with van der Waals surface area (Å²) in [5, 5.41) is 11.2. The minimum Gasteiger partial charge on any atom is -0.357 e. The van der Waals surface area contributed by atoms with Crippen LogP contribution in [0.4, 0.5) is 0 Å². The van der Waals surface area contributed by atoms with Crippen LogP contribution in [0.1, 0.15) is 56.0 Å². The second kappa shape index (κ2) is 12.1. The largest absolute Gasteiger partial charge is 0.357 e. The number of hydrogen-bond donors (Lipinski definition) is 2. The summed E-state index contributed by atoms with van der Waals surface area (Å²) in [5.74, 6) is 2.12. The van der Waals surface area contributed by atoms with Crippen molar-refractivity contribution in [2.75, 3.05) is 19.6 Å². The molecule has 0 saturated carbocycles. The lowest BCUT2D eigenvalue weighted by Crippen LogP contribution is -2.38. The van der Waals surface area contributed by atoms with E-state index in [2.05, 4.69) is 60.8 Å². The first-order valence-electron chi connectivity index (χ1n) is 10.8. The SMILES string of the molecule is CCNC(=NCC(C)c1ccc(C)cc1)NCCCn1nc2n(c1=O)CCCC2.I. The van der Waals surface area contributed by atoms with E-state index in [0.717, 1.165) is 63.6 Å². The van der Waals surface area contributed by atoms with E-state index in [1.807, 2.05) is 4.57 Å². The van der Waals surface area contributed by atoms with Crippen LogP contribution in [0.3, 0.4) is 0 Å². The Balaban J connectivity index is 0.00000320. The number of nitrogens with one attached hydrogen (secondary N) is 2. The maximum Gasteiger partial charge on any atom is 0.345 e. The molecule has 1 aromatic carbocycles. The predicted molar refractivity (Wildman–Crippen MR) is 133 cm³/mol. The minimum atomic E-state index is 0. The maximum absolute atomic E-state index is 12.4. The second-order valence-electron chi connectivity index (χ2n) is 7.84. The van der Waals surface area contributed by atoms with Gasteiger partial charge < -0.3 is 10.6 Å². The number of aliphatic imine (C=N–C) groups is 1. The van der Waals surface area contributed by atoms with Crippen LogP contribution in [-0.4, -0.2) is 39.9 Å². The number of benzene rings is 1. The molecule has 0 aliphatic carbocycles. The summed E-state index contributed by atoms with van der Waals surface area (Å²) in [7, 11) is 0. The highest BCUT2D eigenvalue weighted by atomic mass is 127. The number of nitrogens with zero attached hydrogens (tertiary/aromatic N) is 4. The van der Waals surface area contributed by atoms with Crippen LogP contribution in [0.2, 0.25) is 0 Å². The van der Waals surface area contributed by atoms with E-state index in [-0.39, 0.29) is 29.7 Å². The summed E-state index contributed by atoms with van der Waals surface area (Å²) in [6.45, 7) is 10.1. The predicted octanol–water partition coefficient (Wildman–Crippen LogP) is 3.06. The fourth-order valence-corrected chi connectivity index (χ4v) is 3.60. The van der Waals surface area contributed by atoms with Crippen molar-refractivity contribution in [1.29, 1.82) is 0 Å². The molecule has 7 nitrogen and oxygen atoms in total. The molecule has 0 saturated heterocycles. The molecule has 3 rings (SSSR count). The third-order valence-corrected chi connectivity index (χ3v) is 5.38. The molecule has 166 valence electrons. The van der Waals surface area contributed by atoms with Crippen molar-refractivity contribution in [2.24, 2.45) is 4.99 Å². The molecule has 2 N–H and O–H groups in total. The molecule has 1 atom stereocenters. The van der Waals surface area contributed by atoms with E-state index in [1.165, 1.54) is 11.1 Å². The Kier molecular flexibility index (Phi) is 9.87. The van der Waals surface area contributed by atoms with E-state index in [4.69, 9.17) is 4.99 Å². The van der Waals surface area contributed by atoms with Crippen LogP contribution in [0, 0.1) is 6.92 Å². The van der Waals surface area contributed by atoms with Crippen LogP contribution in [0.5, 0.6) is 0 Å². The zero-order valence-electron chi connectivity index (χ0n) is 18.4. The second-order valence-corrected chi connectivity index (χ2v) is 7.84. The number of hydrogen-bond acceptors (Lipinski definition) is 3. The van der Waals surface area contributed by atoms with E-state index in [9.17, 15) is 4.79 Å². The van der Waals surface area contributed by atoms with Crippen LogP contribution >= 0.6 is 24.0 Å². The standard InChI is InChI=1S/C22H34N6O.HI/c1-4-23-21(25-16-18(3)19-11-9-17(2)10-12-19)24-13-7-15-28-22(29)27-14-6-5-8-20(27)26-28;/h9-12,18H,4-8,13-16H2,1-3H3,(H2,23,24,25);1H. The Labute approximate surface area is 196 Å². The van der Waals surface area contributed by atoms with Crippen molar-refractivity contribution in [3.05, 3.63) is 51.7 Å². The van der Waals surface area contributed by atoms with Crippen LogP contribution in [0.15, 0.2) is 34.1 Å². The molecule has 0 amide bonds. The van der Waals surface area contributed by atoms with Crippen LogP contribution in [-0.2, 0) is 19.5 Å². The average Bonchev–Trinajstić information content (AvgIpc) is 3.05. The van der Waals surface area contributed by atoms with E-state index >= 15 is 0 Å². The lowest BCUT2D eigenvalue weighted by Gasteiger charge is -2.14. The van der Waals surface area contributed by atoms with Gasteiger partial charge in [0, 0.05) is 45.1 Å². The van der Waals surface area contributed by atoms with Gasteiger partial charge in [-0.3, -0.25) is 9.56 Å². The van der Waals surface area contributed by atoms with Gasteiger partial charge in [0.05, 0.1) is 0 Å². The van der Waals surface area contributed by atoms with Gasteiger partial charge >= 0.3 is 5.69 Å². The Morgan fingerprint density at radius 3 is 2.70 bits per heavy atom. The van der Waals surface area contributed by atoms with Crippen molar-refractivity contribution in [2.45, 2.75) is 65.5 Å². The van der Waals surface area contributed by atoms with Crippen molar-refractivity contribution in [3.8, 4) is 0 Å².